The van der Waals surface area contributed by atoms with Crippen molar-refractivity contribution in [1.82, 2.24) is 25.0 Å². The summed E-state index contributed by atoms with van der Waals surface area (Å²) in [6.45, 7) is 6.17. The molecule has 0 saturated carbocycles. The lowest BCUT2D eigenvalue weighted by Crippen LogP contribution is -2.09. The highest BCUT2D eigenvalue weighted by molar-refractivity contribution is 7.99. The van der Waals surface area contributed by atoms with Crippen LogP contribution in [0.2, 0.25) is 0 Å². The molecule has 0 saturated heterocycles. The minimum Gasteiger partial charge on any atom is -0.298 e. The molecule has 134 valence electrons. The Morgan fingerprint density at radius 2 is 1.77 bits per heavy atom. The molecule has 0 fully saturated rings. The molecular weight excluding hydrogens is 363 g/mol. The van der Waals surface area contributed by atoms with E-state index in [9.17, 15) is 13.2 Å². The minimum atomic E-state index is -4.52. The van der Waals surface area contributed by atoms with E-state index in [1.54, 1.807) is 6.08 Å². The van der Waals surface area contributed by atoms with Gasteiger partial charge in [0.25, 0.3) is 0 Å². The van der Waals surface area contributed by atoms with Crippen molar-refractivity contribution in [2.75, 3.05) is 0 Å². The first kappa shape index (κ1) is 18.1. The summed E-state index contributed by atoms with van der Waals surface area (Å²) in [5, 5.41) is 16.0. The number of benzene rings is 1. The fourth-order valence-electron chi connectivity index (χ4n) is 2.19. The van der Waals surface area contributed by atoms with Gasteiger partial charge < -0.3 is 0 Å². The first-order chi connectivity index (χ1) is 12.4. The van der Waals surface area contributed by atoms with E-state index in [1.165, 1.54) is 6.07 Å². The van der Waals surface area contributed by atoms with Gasteiger partial charge in [0.05, 0.1) is 0 Å². The smallest absolute Gasteiger partial charge is 0.298 e. The normalized spacial score (nSPS) is 11.5. The maximum Gasteiger partial charge on any atom is 0.435 e. The molecular formula is C17H14F3N5S. The van der Waals surface area contributed by atoms with Crippen molar-refractivity contribution in [3.63, 3.8) is 0 Å². The van der Waals surface area contributed by atoms with Gasteiger partial charge in [-0.3, -0.25) is 4.57 Å². The van der Waals surface area contributed by atoms with Crippen LogP contribution in [0.15, 0.2) is 59.2 Å². The number of aryl methyl sites for hydroxylation is 1. The van der Waals surface area contributed by atoms with Crippen LogP contribution in [0, 0.1) is 6.92 Å². The molecule has 0 aliphatic rings. The van der Waals surface area contributed by atoms with Gasteiger partial charge in [0.2, 0.25) is 0 Å². The van der Waals surface area contributed by atoms with Crippen LogP contribution in [0.1, 0.15) is 11.3 Å². The van der Waals surface area contributed by atoms with Crippen molar-refractivity contribution < 1.29 is 13.2 Å². The van der Waals surface area contributed by atoms with Gasteiger partial charge >= 0.3 is 6.18 Å². The molecule has 0 unspecified atom stereocenters. The van der Waals surface area contributed by atoms with Crippen molar-refractivity contribution in [1.29, 1.82) is 0 Å². The lowest BCUT2D eigenvalue weighted by Gasteiger charge is -2.08. The molecule has 2 aromatic heterocycles. The van der Waals surface area contributed by atoms with E-state index < -0.39 is 11.9 Å². The predicted octanol–water partition coefficient (Wildman–Crippen LogP) is 4.40. The number of hydrogen-bond donors (Lipinski definition) is 0. The monoisotopic (exact) mass is 377 g/mol. The van der Waals surface area contributed by atoms with Crippen LogP contribution in [-0.4, -0.2) is 25.0 Å². The first-order valence-electron chi connectivity index (χ1n) is 7.58. The molecule has 3 rings (SSSR count). The van der Waals surface area contributed by atoms with E-state index in [4.69, 9.17) is 0 Å². The van der Waals surface area contributed by atoms with E-state index in [0.29, 0.717) is 22.6 Å². The van der Waals surface area contributed by atoms with Crippen LogP contribution in [0.25, 0.3) is 11.4 Å². The summed E-state index contributed by atoms with van der Waals surface area (Å²) in [5.74, 6) is 0.646. The molecule has 0 aliphatic heterocycles. The summed E-state index contributed by atoms with van der Waals surface area (Å²) in [5.41, 5.74) is 0.975. The Kier molecular flexibility index (Phi) is 5.08. The Labute approximate surface area is 152 Å². The molecule has 5 nitrogen and oxygen atoms in total. The third-order valence-corrected chi connectivity index (χ3v) is 4.38. The highest BCUT2D eigenvalue weighted by Crippen LogP contribution is 2.31. The zero-order chi connectivity index (χ0) is 18.7. The minimum absolute atomic E-state index is 0.297. The van der Waals surface area contributed by atoms with Crippen molar-refractivity contribution in [2.45, 2.75) is 29.8 Å². The summed E-state index contributed by atoms with van der Waals surface area (Å²) in [4.78, 5) is 0. The topological polar surface area (TPSA) is 56.5 Å². The molecule has 0 N–H and O–H groups in total. The van der Waals surface area contributed by atoms with Gasteiger partial charge in [0.15, 0.2) is 16.7 Å². The van der Waals surface area contributed by atoms with Gasteiger partial charge in [-0.15, -0.1) is 27.0 Å². The lowest BCUT2D eigenvalue weighted by molar-refractivity contribution is -0.141. The van der Waals surface area contributed by atoms with Crippen molar-refractivity contribution in [3.05, 3.63) is 60.3 Å². The molecule has 3 aromatic rings. The van der Waals surface area contributed by atoms with E-state index in [0.717, 1.165) is 29.0 Å². The van der Waals surface area contributed by atoms with E-state index in [2.05, 4.69) is 27.0 Å². The van der Waals surface area contributed by atoms with E-state index in [-0.39, 0.29) is 0 Å². The summed E-state index contributed by atoms with van der Waals surface area (Å²) in [7, 11) is 0. The number of nitrogens with zero attached hydrogens (tertiary/aromatic N) is 5. The third-order valence-electron chi connectivity index (χ3n) is 3.46. The van der Waals surface area contributed by atoms with Gasteiger partial charge in [-0.2, -0.15) is 13.2 Å². The zero-order valence-corrected chi connectivity index (χ0v) is 14.6. The average molecular weight is 377 g/mol. The number of allylic oxidation sites excluding steroid dienone is 1. The summed E-state index contributed by atoms with van der Waals surface area (Å²) in [6, 6.07) is 9.97. The second-order valence-corrected chi connectivity index (χ2v) is 6.42. The van der Waals surface area contributed by atoms with Crippen LogP contribution < -0.4 is 0 Å². The van der Waals surface area contributed by atoms with Gasteiger partial charge in [-0.1, -0.05) is 35.9 Å². The van der Waals surface area contributed by atoms with E-state index >= 15 is 0 Å². The molecule has 2 heterocycles. The Balaban J connectivity index is 1.90. The fourth-order valence-corrected chi connectivity index (χ4v) is 2.95. The van der Waals surface area contributed by atoms with Crippen LogP contribution in [0.5, 0.6) is 0 Å². The summed E-state index contributed by atoms with van der Waals surface area (Å²) >= 11 is 1.09. The van der Waals surface area contributed by atoms with Gasteiger partial charge in [0, 0.05) is 12.1 Å². The second-order valence-electron chi connectivity index (χ2n) is 5.43. The number of alkyl halides is 3. The molecule has 0 spiro atoms. The quantitative estimate of drug-likeness (QED) is 0.617. The number of halogens is 3. The molecule has 26 heavy (non-hydrogen) atoms. The average Bonchev–Trinajstić information content (AvgIpc) is 2.98. The SMILES string of the molecule is C=CCn1c(Sc2ccc(C(F)(F)F)nn2)nnc1-c1ccc(C)cc1. The highest BCUT2D eigenvalue weighted by Gasteiger charge is 2.33. The van der Waals surface area contributed by atoms with Gasteiger partial charge in [-0.25, -0.2) is 0 Å². The summed E-state index contributed by atoms with van der Waals surface area (Å²) in [6.07, 6.45) is -2.82. The maximum atomic E-state index is 12.6. The molecule has 0 atom stereocenters. The molecule has 1 aromatic carbocycles. The second kappa shape index (κ2) is 7.28. The van der Waals surface area contributed by atoms with Crippen LogP contribution in [0.4, 0.5) is 13.2 Å². The van der Waals surface area contributed by atoms with Crippen LogP contribution in [0.3, 0.4) is 0 Å². The van der Waals surface area contributed by atoms with Crippen molar-refractivity contribution in [2.24, 2.45) is 0 Å². The Hall–Kier alpha value is -2.68. The Morgan fingerprint density at radius 1 is 1.04 bits per heavy atom. The zero-order valence-electron chi connectivity index (χ0n) is 13.7. The number of aromatic nitrogens is 5. The molecule has 0 amide bonds. The number of rotatable bonds is 5. The van der Waals surface area contributed by atoms with Gasteiger partial charge in [-0.05, 0) is 30.8 Å². The largest absolute Gasteiger partial charge is 0.435 e. The Morgan fingerprint density at radius 3 is 2.35 bits per heavy atom. The maximum absolute atomic E-state index is 12.6. The number of hydrogen-bond acceptors (Lipinski definition) is 5. The van der Waals surface area contributed by atoms with Crippen molar-refractivity contribution >= 4 is 11.8 Å². The highest BCUT2D eigenvalue weighted by atomic mass is 32.2. The van der Waals surface area contributed by atoms with Crippen LogP contribution in [-0.2, 0) is 12.7 Å². The molecule has 0 bridgehead atoms. The van der Waals surface area contributed by atoms with Gasteiger partial charge in [0.1, 0.15) is 5.03 Å². The van der Waals surface area contributed by atoms with Crippen LogP contribution >= 0.6 is 11.8 Å². The fraction of sp³-hybridized carbons (Fsp3) is 0.176. The Bertz CT molecular complexity index is 902. The van der Waals surface area contributed by atoms with Crippen molar-refractivity contribution in [3.8, 4) is 11.4 Å². The predicted molar refractivity (Wildman–Crippen MR) is 91.5 cm³/mol. The standard InChI is InChI=1S/C17H14F3N5S/c1-3-10-25-15(12-6-4-11(2)5-7-12)23-24-16(25)26-14-9-8-13(21-22-14)17(18,19)20/h3-9H,1,10H2,2H3. The van der Waals surface area contributed by atoms with E-state index in [1.807, 2.05) is 35.8 Å². The molecule has 0 radical (unpaired) electrons. The first-order valence-corrected chi connectivity index (χ1v) is 8.40. The molecule has 9 heteroatoms. The summed E-state index contributed by atoms with van der Waals surface area (Å²) < 4.78 is 39.6. The third kappa shape index (κ3) is 3.93. The lowest BCUT2D eigenvalue weighted by atomic mass is 10.1. The molecule has 0 aliphatic carbocycles.